The summed E-state index contributed by atoms with van der Waals surface area (Å²) in [6.07, 6.45) is 3.06. The van der Waals surface area contributed by atoms with E-state index >= 15 is 0 Å². The monoisotopic (exact) mass is 417 g/mol. The molecule has 7 heteroatoms. The molecule has 0 saturated carbocycles. The van der Waals surface area contributed by atoms with E-state index in [0.29, 0.717) is 24.5 Å². The number of hydrogen-bond acceptors (Lipinski definition) is 5. The SMILES string of the molecule is CCc1cc(C(=O)NC(Cc2ccccc2)c2nn(CC(C)C)c3ncccc23)no1. The van der Waals surface area contributed by atoms with E-state index in [1.165, 1.54) is 0 Å². The maximum Gasteiger partial charge on any atom is 0.274 e. The second-order valence-electron chi connectivity index (χ2n) is 8.08. The van der Waals surface area contributed by atoms with Crippen molar-refractivity contribution >= 4 is 16.9 Å². The van der Waals surface area contributed by atoms with Crippen molar-refractivity contribution in [2.75, 3.05) is 0 Å². The van der Waals surface area contributed by atoms with Gasteiger partial charge in [-0.15, -0.1) is 0 Å². The van der Waals surface area contributed by atoms with Crippen LogP contribution >= 0.6 is 0 Å². The topological polar surface area (TPSA) is 85.8 Å². The highest BCUT2D eigenvalue weighted by Gasteiger charge is 2.25. The highest BCUT2D eigenvalue weighted by Crippen LogP contribution is 2.26. The zero-order chi connectivity index (χ0) is 21.8. The van der Waals surface area contributed by atoms with Crippen LogP contribution in [0, 0.1) is 5.92 Å². The van der Waals surface area contributed by atoms with Crippen LogP contribution in [0.5, 0.6) is 0 Å². The Labute approximate surface area is 181 Å². The molecule has 0 spiro atoms. The van der Waals surface area contributed by atoms with E-state index in [1.54, 1.807) is 12.3 Å². The number of carbonyl (C=O) groups excluding carboxylic acids is 1. The lowest BCUT2D eigenvalue weighted by Crippen LogP contribution is -2.30. The first-order chi connectivity index (χ1) is 15.0. The van der Waals surface area contributed by atoms with E-state index in [-0.39, 0.29) is 17.6 Å². The summed E-state index contributed by atoms with van der Waals surface area (Å²) in [4.78, 5) is 17.5. The van der Waals surface area contributed by atoms with Gasteiger partial charge in [0.05, 0.1) is 11.7 Å². The van der Waals surface area contributed by atoms with E-state index in [4.69, 9.17) is 9.62 Å². The number of hydrogen-bond donors (Lipinski definition) is 1. The lowest BCUT2D eigenvalue weighted by molar-refractivity contribution is 0.0926. The number of benzene rings is 1. The molecule has 4 rings (SSSR count). The first-order valence-electron chi connectivity index (χ1n) is 10.7. The van der Waals surface area contributed by atoms with Crippen LogP contribution in [0.25, 0.3) is 11.0 Å². The molecule has 3 heterocycles. The van der Waals surface area contributed by atoms with Crippen molar-refractivity contribution in [1.82, 2.24) is 25.2 Å². The zero-order valence-electron chi connectivity index (χ0n) is 18.1. The van der Waals surface area contributed by atoms with Gasteiger partial charge in [0, 0.05) is 30.6 Å². The number of aryl methyl sites for hydroxylation is 1. The second-order valence-corrected chi connectivity index (χ2v) is 8.08. The van der Waals surface area contributed by atoms with Crippen molar-refractivity contribution in [3.63, 3.8) is 0 Å². The molecule has 7 nitrogen and oxygen atoms in total. The van der Waals surface area contributed by atoms with E-state index in [0.717, 1.165) is 28.8 Å². The summed E-state index contributed by atoms with van der Waals surface area (Å²) < 4.78 is 7.15. The Bertz CT molecular complexity index is 1160. The predicted molar refractivity (Wildman–Crippen MR) is 119 cm³/mol. The molecule has 0 aliphatic heterocycles. The van der Waals surface area contributed by atoms with Crippen LogP contribution in [0.1, 0.15) is 54.3 Å². The lowest BCUT2D eigenvalue weighted by Gasteiger charge is -2.17. The smallest absolute Gasteiger partial charge is 0.274 e. The van der Waals surface area contributed by atoms with Gasteiger partial charge in [0.2, 0.25) is 0 Å². The standard InChI is InChI=1S/C24H27N5O2/c1-4-18-14-21(28-31-18)24(30)26-20(13-17-9-6-5-7-10-17)22-19-11-8-12-25-23(19)29(27-22)15-16(2)3/h5-12,14,16,20H,4,13,15H2,1-3H3,(H,26,30). The molecule has 1 aromatic carbocycles. The van der Waals surface area contributed by atoms with E-state index < -0.39 is 0 Å². The second kappa shape index (κ2) is 9.12. The van der Waals surface area contributed by atoms with Gasteiger partial charge in [-0.3, -0.25) is 4.79 Å². The number of nitrogens with zero attached hydrogens (tertiary/aromatic N) is 4. The fourth-order valence-electron chi connectivity index (χ4n) is 3.65. The number of fused-ring (bicyclic) bond motifs is 1. The third-order valence-electron chi connectivity index (χ3n) is 5.13. The number of aromatic nitrogens is 4. The summed E-state index contributed by atoms with van der Waals surface area (Å²) in [5.74, 6) is 0.822. The quantitative estimate of drug-likeness (QED) is 0.461. The van der Waals surface area contributed by atoms with Gasteiger partial charge in [0.25, 0.3) is 5.91 Å². The van der Waals surface area contributed by atoms with Crippen LogP contribution in [0.15, 0.2) is 59.3 Å². The fourth-order valence-corrected chi connectivity index (χ4v) is 3.65. The third-order valence-corrected chi connectivity index (χ3v) is 5.13. The van der Waals surface area contributed by atoms with Crippen LogP contribution in [0.4, 0.5) is 0 Å². The van der Waals surface area contributed by atoms with Gasteiger partial charge < -0.3 is 9.84 Å². The zero-order valence-corrected chi connectivity index (χ0v) is 18.1. The Balaban J connectivity index is 1.72. The van der Waals surface area contributed by atoms with E-state index in [1.807, 2.05) is 41.9 Å². The highest BCUT2D eigenvalue weighted by molar-refractivity contribution is 5.93. The van der Waals surface area contributed by atoms with Crippen molar-refractivity contribution in [3.05, 3.63) is 77.4 Å². The number of pyridine rings is 1. The average molecular weight is 418 g/mol. The van der Waals surface area contributed by atoms with Crippen molar-refractivity contribution < 1.29 is 9.32 Å². The van der Waals surface area contributed by atoms with Gasteiger partial charge >= 0.3 is 0 Å². The Morgan fingerprint density at radius 1 is 1.16 bits per heavy atom. The van der Waals surface area contributed by atoms with Crippen LogP contribution in [0.3, 0.4) is 0 Å². The summed E-state index contributed by atoms with van der Waals surface area (Å²) in [6, 6.07) is 15.3. The first kappa shape index (κ1) is 20.8. The van der Waals surface area contributed by atoms with E-state index in [2.05, 4.69) is 41.4 Å². The van der Waals surface area contributed by atoms with Crippen LogP contribution in [-0.4, -0.2) is 25.8 Å². The van der Waals surface area contributed by atoms with Crippen LogP contribution in [-0.2, 0) is 19.4 Å². The average Bonchev–Trinajstić information content (AvgIpc) is 3.39. The molecule has 1 N–H and O–H groups in total. The molecule has 0 radical (unpaired) electrons. The minimum atomic E-state index is -0.336. The number of rotatable bonds is 8. The van der Waals surface area contributed by atoms with Gasteiger partial charge in [0.1, 0.15) is 5.76 Å². The molecule has 4 aromatic rings. The third kappa shape index (κ3) is 4.66. The van der Waals surface area contributed by atoms with Crippen molar-refractivity contribution in [2.24, 2.45) is 5.92 Å². The maximum absolute atomic E-state index is 13.0. The van der Waals surface area contributed by atoms with Crippen molar-refractivity contribution in [1.29, 1.82) is 0 Å². The molecule has 0 aliphatic carbocycles. The number of nitrogens with one attached hydrogen (secondary N) is 1. The number of amides is 1. The van der Waals surface area contributed by atoms with Gasteiger partial charge in [-0.25, -0.2) is 9.67 Å². The van der Waals surface area contributed by atoms with Crippen molar-refractivity contribution in [2.45, 2.75) is 46.2 Å². The van der Waals surface area contributed by atoms with E-state index in [9.17, 15) is 4.79 Å². The Morgan fingerprint density at radius 3 is 2.68 bits per heavy atom. The Hall–Kier alpha value is -3.48. The molecule has 1 amide bonds. The summed E-state index contributed by atoms with van der Waals surface area (Å²) in [5.41, 5.74) is 3.02. The van der Waals surface area contributed by atoms with Crippen molar-refractivity contribution in [3.8, 4) is 0 Å². The normalized spacial score (nSPS) is 12.4. The molecule has 160 valence electrons. The molecule has 0 bridgehead atoms. The fraction of sp³-hybridized carbons (Fsp3) is 0.333. The maximum atomic E-state index is 13.0. The van der Waals surface area contributed by atoms with Crippen LogP contribution < -0.4 is 5.32 Å². The highest BCUT2D eigenvalue weighted by atomic mass is 16.5. The summed E-state index contributed by atoms with van der Waals surface area (Å²) in [5, 5.41) is 12.9. The minimum Gasteiger partial charge on any atom is -0.361 e. The summed E-state index contributed by atoms with van der Waals surface area (Å²) in [7, 11) is 0. The summed E-state index contributed by atoms with van der Waals surface area (Å²) in [6.45, 7) is 7.01. The summed E-state index contributed by atoms with van der Waals surface area (Å²) >= 11 is 0. The van der Waals surface area contributed by atoms with Gasteiger partial charge in [-0.05, 0) is 30.0 Å². The van der Waals surface area contributed by atoms with Crippen LogP contribution in [0.2, 0.25) is 0 Å². The van der Waals surface area contributed by atoms with Gasteiger partial charge in [-0.2, -0.15) is 5.10 Å². The van der Waals surface area contributed by atoms with Gasteiger partial charge in [-0.1, -0.05) is 56.3 Å². The molecular formula is C24H27N5O2. The molecule has 0 saturated heterocycles. The molecule has 1 unspecified atom stereocenters. The lowest BCUT2D eigenvalue weighted by atomic mass is 10.0. The Kier molecular flexibility index (Phi) is 6.11. The molecule has 1 atom stereocenters. The molecule has 0 aliphatic rings. The molecule has 31 heavy (non-hydrogen) atoms. The minimum absolute atomic E-state index is 0.277. The van der Waals surface area contributed by atoms with Gasteiger partial charge in [0.15, 0.2) is 11.3 Å². The Morgan fingerprint density at radius 2 is 1.97 bits per heavy atom. The predicted octanol–water partition coefficient (Wildman–Crippen LogP) is 4.35. The largest absolute Gasteiger partial charge is 0.361 e. The molecular weight excluding hydrogens is 390 g/mol. The number of carbonyl (C=O) groups is 1. The molecule has 0 fully saturated rings. The first-order valence-corrected chi connectivity index (χ1v) is 10.7. The molecule has 3 aromatic heterocycles.